The van der Waals surface area contributed by atoms with Gasteiger partial charge in [-0.3, -0.25) is 11.3 Å². The molecule has 0 unspecified atom stereocenters. The Bertz CT molecular complexity index is 490. The SMILES string of the molecule is COc1cc2[nH]cc(CCNN)c2cc1C. The van der Waals surface area contributed by atoms with Gasteiger partial charge in [-0.25, -0.2) is 0 Å². The molecule has 0 aliphatic heterocycles. The van der Waals surface area contributed by atoms with Gasteiger partial charge >= 0.3 is 0 Å². The van der Waals surface area contributed by atoms with Crippen molar-refractivity contribution in [3.05, 3.63) is 29.5 Å². The standard InChI is InChI=1S/C12H17N3O/c1-8-5-10-9(3-4-15-13)7-14-11(10)6-12(8)16-2/h5-7,14-15H,3-4,13H2,1-2H3. The topological polar surface area (TPSA) is 63.1 Å². The van der Waals surface area contributed by atoms with Gasteiger partial charge in [0.1, 0.15) is 5.75 Å². The number of fused-ring (bicyclic) bond motifs is 1. The Morgan fingerprint density at radius 1 is 1.44 bits per heavy atom. The Balaban J connectivity index is 2.43. The molecule has 0 amide bonds. The van der Waals surface area contributed by atoms with Crippen LogP contribution in [0.5, 0.6) is 5.75 Å². The minimum Gasteiger partial charge on any atom is -0.496 e. The van der Waals surface area contributed by atoms with E-state index in [9.17, 15) is 0 Å². The average molecular weight is 219 g/mol. The summed E-state index contributed by atoms with van der Waals surface area (Å²) < 4.78 is 5.29. The molecule has 0 spiro atoms. The van der Waals surface area contributed by atoms with Gasteiger partial charge in [0.25, 0.3) is 0 Å². The predicted molar refractivity (Wildman–Crippen MR) is 65.5 cm³/mol. The minimum absolute atomic E-state index is 0.776. The molecule has 4 N–H and O–H groups in total. The third kappa shape index (κ3) is 1.89. The summed E-state index contributed by atoms with van der Waals surface area (Å²) in [7, 11) is 1.69. The van der Waals surface area contributed by atoms with Gasteiger partial charge in [-0.1, -0.05) is 0 Å². The molecule has 0 aliphatic carbocycles. The highest BCUT2D eigenvalue weighted by Crippen LogP contribution is 2.27. The van der Waals surface area contributed by atoms with Crippen LogP contribution in [0.25, 0.3) is 10.9 Å². The van der Waals surface area contributed by atoms with E-state index in [2.05, 4.69) is 23.4 Å². The summed E-state index contributed by atoms with van der Waals surface area (Å²) in [4.78, 5) is 3.25. The van der Waals surface area contributed by atoms with E-state index in [1.807, 2.05) is 12.3 Å². The Kier molecular flexibility index (Phi) is 3.12. The number of aromatic amines is 1. The third-order valence-electron chi connectivity index (χ3n) is 2.82. The van der Waals surface area contributed by atoms with Crippen LogP contribution in [0, 0.1) is 6.92 Å². The molecule has 86 valence electrons. The molecule has 0 radical (unpaired) electrons. The van der Waals surface area contributed by atoms with Crippen molar-refractivity contribution in [2.75, 3.05) is 13.7 Å². The van der Waals surface area contributed by atoms with Crippen molar-refractivity contribution in [3.63, 3.8) is 0 Å². The lowest BCUT2D eigenvalue weighted by Crippen LogP contribution is -2.24. The van der Waals surface area contributed by atoms with Crippen molar-refractivity contribution in [2.45, 2.75) is 13.3 Å². The Labute approximate surface area is 94.8 Å². The normalized spacial score (nSPS) is 10.9. The van der Waals surface area contributed by atoms with E-state index in [-0.39, 0.29) is 0 Å². The summed E-state index contributed by atoms with van der Waals surface area (Å²) in [5.41, 5.74) is 6.20. The van der Waals surface area contributed by atoms with E-state index in [0.29, 0.717) is 0 Å². The monoisotopic (exact) mass is 219 g/mol. The second-order valence-electron chi connectivity index (χ2n) is 3.89. The molecular formula is C12H17N3O. The number of hydrazine groups is 1. The molecule has 0 saturated heterocycles. The van der Waals surface area contributed by atoms with Crippen molar-refractivity contribution in [1.82, 2.24) is 10.4 Å². The maximum absolute atomic E-state index is 5.29. The fourth-order valence-electron chi connectivity index (χ4n) is 1.95. The van der Waals surface area contributed by atoms with Crippen LogP contribution in [0.15, 0.2) is 18.3 Å². The highest BCUT2D eigenvalue weighted by atomic mass is 16.5. The van der Waals surface area contributed by atoms with E-state index in [4.69, 9.17) is 10.6 Å². The zero-order valence-corrected chi connectivity index (χ0v) is 9.63. The number of nitrogens with one attached hydrogen (secondary N) is 2. The number of H-pyrrole nitrogens is 1. The smallest absolute Gasteiger partial charge is 0.123 e. The molecule has 0 saturated carbocycles. The van der Waals surface area contributed by atoms with Crippen LogP contribution in [0.1, 0.15) is 11.1 Å². The zero-order valence-electron chi connectivity index (χ0n) is 9.63. The molecule has 4 heteroatoms. The highest BCUT2D eigenvalue weighted by Gasteiger charge is 2.07. The van der Waals surface area contributed by atoms with Crippen LogP contribution in [0.4, 0.5) is 0 Å². The Morgan fingerprint density at radius 2 is 2.25 bits per heavy atom. The van der Waals surface area contributed by atoms with Gasteiger partial charge in [0.2, 0.25) is 0 Å². The van der Waals surface area contributed by atoms with Gasteiger partial charge in [0, 0.05) is 29.7 Å². The quantitative estimate of drug-likeness (QED) is 0.539. The van der Waals surface area contributed by atoms with Crippen LogP contribution >= 0.6 is 0 Å². The van der Waals surface area contributed by atoms with Gasteiger partial charge in [-0.2, -0.15) is 0 Å². The molecule has 0 fully saturated rings. The summed E-state index contributed by atoms with van der Waals surface area (Å²) in [6.07, 6.45) is 2.95. The number of hydrogen-bond donors (Lipinski definition) is 3. The Hall–Kier alpha value is -1.52. The zero-order chi connectivity index (χ0) is 11.5. The van der Waals surface area contributed by atoms with Crippen molar-refractivity contribution in [2.24, 2.45) is 5.84 Å². The second kappa shape index (κ2) is 4.55. The Morgan fingerprint density at radius 3 is 2.94 bits per heavy atom. The third-order valence-corrected chi connectivity index (χ3v) is 2.82. The molecule has 0 atom stereocenters. The van der Waals surface area contributed by atoms with E-state index < -0.39 is 0 Å². The second-order valence-corrected chi connectivity index (χ2v) is 3.89. The molecular weight excluding hydrogens is 202 g/mol. The molecule has 2 aromatic rings. The molecule has 4 nitrogen and oxygen atoms in total. The van der Waals surface area contributed by atoms with Gasteiger partial charge in [0.05, 0.1) is 7.11 Å². The summed E-state index contributed by atoms with van der Waals surface area (Å²) in [5.74, 6) is 6.20. The summed E-state index contributed by atoms with van der Waals surface area (Å²) in [6, 6.07) is 4.18. The number of ether oxygens (including phenoxy) is 1. The van der Waals surface area contributed by atoms with Gasteiger partial charge in [-0.05, 0) is 30.5 Å². The molecule has 0 aliphatic rings. The first-order valence-corrected chi connectivity index (χ1v) is 5.34. The summed E-state index contributed by atoms with van der Waals surface area (Å²) >= 11 is 0. The van der Waals surface area contributed by atoms with Gasteiger partial charge < -0.3 is 9.72 Å². The van der Waals surface area contributed by atoms with E-state index in [0.717, 1.165) is 29.8 Å². The lowest BCUT2D eigenvalue weighted by Gasteiger charge is -2.05. The lowest BCUT2D eigenvalue weighted by molar-refractivity contribution is 0.412. The van der Waals surface area contributed by atoms with Crippen molar-refractivity contribution >= 4 is 10.9 Å². The summed E-state index contributed by atoms with van der Waals surface area (Å²) in [5, 5.41) is 1.24. The van der Waals surface area contributed by atoms with Crippen LogP contribution in [0.2, 0.25) is 0 Å². The fourth-order valence-corrected chi connectivity index (χ4v) is 1.95. The van der Waals surface area contributed by atoms with Gasteiger partial charge in [-0.15, -0.1) is 0 Å². The van der Waals surface area contributed by atoms with Crippen LogP contribution in [0.3, 0.4) is 0 Å². The number of hydrogen-bond acceptors (Lipinski definition) is 3. The van der Waals surface area contributed by atoms with Crippen molar-refractivity contribution in [1.29, 1.82) is 0 Å². The summed E-state index contributed by atoms with van der Waals surface area (Å²) in [6.45, 7) is 2.83. The van der Waals surface area contributed by atoms with Gasteiger partial charge in [0.15, 0.2) is 0 Å². The van der Waals surface area contributed by atoms with Crippen LogP contribution in [-0.4, -0.2) is 18.6 Å². The number of methoxy groups -OCH3 is 1. The molecule has 16 heavy (non-hydrogen) atoms. The lowest BCUT2D eigenvalue weighted by atomic mass is 10.1. The molecule has 1 heterocycles. The minimum atomic E-state index is 0.776. The number of benzene rings is 1. The average Bonchev–Trinajstić information content (AvgIpc) is 2.67. The predicted octanol–water partition coefficient (Wildman–Crippen LogP) is 1.49. The van der Waals surface area contributed by atoms with E-state index in [1.165, 1.54) is 10.9 Å². The molecule has 1 aromatic carbocycles. The van der Waals surface area contributed by atoms with Crippen LogP contribution < -0.4 is 16.0 Å². The van der Waals surface area contributed by atoms with E-state index in [1.54, 1.807) is 7.11 Å². The first kappa shape index (κ1) is 11.0. The molecule has 0 bridgehead atoms. The van der Waals surface area contributed by atoms with Crippen molar-refractivity contribution < 1.29 is 4.74 Å². The maximum atomic E-state index is 5.29. The number of nitrogens with two attached hydrogens (primary N) is 1. The number of aromatic nitrogens is 1. The first-order chi connectivity index (χ1) is 7.76. The number of rotatable bonds is 4. The highest BCUT2D eigenvalue weighted by molar-refractivity contribution is 5.85. The first-order valence-electron chi connectivity index (χ1n) is 5.34. The fraction of sp³-hybridized carbons (Fsp3) is 0.333. The van der Waals surface area contributed by atoms with E-state index >= 15 is 0 Å². The molecule has 1 aromatic heterocycles. The molecule has 2 rings (SSSR count). The maximum Gasteiger partial charge on any atom is 0.123 e. The van der Waals surface area contributed by atoms with Crippen molar-refractivity contribution in [3.8, 4) is 5.75 Å². The largest absolute Gasteiger partial charge is 0.496 e. The van der Waals surface area contributed by atoms with Crippen LogP contribution in [-0.2, 0) is 6.42 Å². The number of aryl methyl sites for hydroxylation is 1.